The van der Waals surface area contributed by atoms with Crippen molar-refractivity contribution >= 4 is 17.9 Å². The zero-order valence-electron chi connectivity index (χ0n) is 13.9. The van der Waals surface area contributed by atoms with Crippen LogP contribution in [0.5, 0.6) is 0 Å². The molecule has 1 atom stereocenters. The lowest BCUT2D eigenvalue weighted by Gasteiger charge is -2.30. The van der Waals surface area contributed by atoms with E-state index in [1.54, 1.807) is 0 Å². The molecule has 2 aliphatic heterocycles. The third kappa shape index (κ3) is 3.06. The van der Waals surface area contributed by atoms with E-state index in [0.29, 0.717) is 13.3 Å². The molecule has 2 saturated heterocycles. The number of nitrogens with zero attached hydrogens (tertiary/aromatic N) is 1. The summed E-state index contributed by atoms with van der Waals surface area (Å²) < 4.78 is 5.07. The van der Waals surface area contributed by atoms with E-state index in [9.17, 15) is 14.4 Å². The van der Waals surface area contributed by atoms with Crippen molar-refractivity contribution in [1.29, 1.82) is 0 Å². The first-order valence-corrected chi connectivity index (χ1v) is 8.60. The van der Waals surface area contributed by atoms with E-state index in [1.165, 1.54) is 9.80 Å². The first-order chi connectivity index (χ1) is 11.0. The van der Waals surface area contributed by atoms with Crippen LogP contribution in [-0.2, 0) is 14.3 Å². The van der Waals surface area contributed by atoms with Crippen molar-refractivity contribution in [3.63, 3.8) is 0 Å². The molecule has 3 amide bonds. The van der Waals surface area contributed by atoms with Crippen LogP contribution in [0.4, 0.5) is 4.79 Å². The van der Waals surface area contributed by atoms with Crippen LogP contribution in [0.1, 0.15) is 39.5 Å². The van der Waals surface area contributed by atoms with Crippen molar-refractivity contribution in [2.24, 2.45) is 11.8 Å². The van der Waals surface area contributed by atoms with Crippen molar-refractivity contribution < 1.29 is 24.0 Å². The molecular formula is C16H26N3O4+. The maximum Gasteiger partial charge on any atom is 0.329 e. The van der Waals surface area contributed by atoms with Crippen molar-refractivity contribution in [3.8, 4) is 0 Å². The summed E-state index contributed by atoms with van der Waals surface area (Å²) in [6.07, 6.45) is 3.51. The fourth-order valence-electron chi connectivity index (χ4n) is 3.70. The molecule has 7 heteroatoms. The van der Waals surface area contributed by atoms with Gasteiger partial charge in [0.15, 0.2) is 6.67 Å². The molecule has 128 valence electrons. The summed E-state index contributed by atoms with van der Waals surface area (Å²) in [7, 11) is 0. The van der Waals surface area contributed by atoms with E-state index >= 15 is 0 Å². The summed E-state index contributed by atoms with van der Waals surface area (Å²) in [6.45, 7) is 6.01. The Morgan fingerprint density at radius 3 is 2.52 bits per heavy atom. The van der Waals surface area contributed by atoms with Gasteiger partial charge >= 0.3 is 12.0 Å². The highest BCUT2D eigenvalue weighted by Gasteiger charge is 2.56. The average Bonchev–Trinajstić information content (AvgIpc) is 3.34. The molecule has 0 spiro atoms. The van der Waals surface area contributed by atoms with Gasteiger partial charge in [-0.2, -0.15) is 0 Å². The Hall–Kier alpha value is -1.63. The van der Waals surface area contributed by atoms with Gasteiger partial charge in [-0.05, 0) is 32.6 Å². The Balaban J connectivity index is 1.54. The van der Waals surface area contributed by atoms with Crippen molar-refractivity contribution in [2.45, 2.75) is 45.1 Å². The highest BCUT2D eigenvalue weighted by Crippen LogP contribution is 2.42. The molecule has 1 aliphatic carbocycles. The summed E-state index contributed by atoms with van der Waals surface area (Å²) in [4.78, 5) is 39.1. The van der Waals surface area contributed by atoms with Crippen LogP contribution in [0.2, 0.25) is 0 Å². The number of likely N-dealkylation sites (tertiary alicyclic amines) is 1. The molecule has 1 saturated carbocycles. The number of rotatable bonds is 5. The Bertz CT molecular complexity index is 511. The van der Waals surface area contributed by atoms with Crippen molar-refractivity contribution in [3.05, 3.63) is 0 Å². The van der Waals surface area contributed by atoms with Gasteiger partial charge in [-0.15, -0.1) is 0 Å². The molecule has 3 aliphatic rings. The SMILES string of the molecule is CCOC(=O)C1CC[NH+](CN2C(=O)N[C@](C)(C3CC3)C2=O)CC1. The fraction of sp³-hybridized carbons (Fsp3) is 0.812. The van der Waals surface area contributed by atoms with E-state index in [1.807, 2.05) is 13.8 Å². The first-order valence-electron chi connectivity index (χ1n) is 8.60. The number of nitrogens with one attached hydrogen (secondary N) is 2. The largest absolute Gasteiger partial charge is 0.466 e. The fourth-order valence-corrected chi connectivity index (χ4v) is 3.70. The van der Waals surface area contributed by atoms with Crippen LogP contribution in [-0.4, -0.2) is 54.7 Å². The predicted octanol–water partition coefficient (Wildman–Crippen LogP) is -0.478. The van der Waals surface area contributed by atoms with Gasteiger partial charge in [-0.25, -0.2) is 9.69 Å². The summed E-state index contributed by atoms with van der Waals surface area (Å²) >= 11 is 0. The van der Waals surface area contributed by atoms with Crippen LogP contribution in [0.3, 0.4) is 0 Å². The van der Waals surface area contributed by atoms with Gasteiger partial charge in [0.1, 0.15) is 5.54 Å². The molecule has 2 N–H and O–H groups in total. The number of urea groups is 1. The van der Waals surface area contributed by atoms with Crippen molar-refractivity contribution in [1.82, 2.24) is 10.2 Å². The number of carbonyl (C=O) groups excluding carboxylic acids is 3. The smallest absolute Gasteiger partial charge is 0.329 e. The van der Waals surface area contributed by atoms with Gasteiger partial charge in [-0.1, -0.05) is 0 Å². The first kappa shape index (κ1) is 16.2. The number of amides is 3. The van der Waals surface area contributed by atoms with Crippen molar-refractivity contribution in [2.75, 3.05) is 26.4 Å². The molecule has 2 heterocycles. The highest BCUT2D eigenvalue weighted by atomic mass is 16.5. The number of quaternary nitrogens is 1. The van der Waals surface area contributed by atoms with Gasteiger partial charge in [0.2, 0.25) is 0 Å². The molecule has 23 heavy (non-hydrogen) atoms. The normalized spacial score (nSPS) is 34.4. The maximum absolute atomic E-state index is 12.6. The molecule has 0 aromatic carbocycles. The number of piperidine rings is 1. The minimum Gasteiger partial charge on any atom is -0.466 e. The predicted molar refractivity (Wildman–Crippen MR) is 81.4 cm³/mol. The summed E-state index contributed by atoms with van der Waals surface area (Å²) in [5.41, 5.74) is -0.709. The lowest BCUT2D eigenvalue weighted by atomic mass is 9.96. The lowest BCUT2D eigenvalue weighted by molar-refractivity contribution is -0.913. The highest BCUT2D eigenvalue weighted by molar-refractivity contribution is 6.07. The molecule has 0 bridgehead atoms. The summed E-state index contributed by atoms with van der Waals surface area (Å²) in [5.74, 6) is 0.0277. The second-order valence-electron chi connectivity index (χ2n) is 7.07. The van der Waals surface area contributed by atoms with E-state index in [2.05, 4.69) is 5.32 Å². The van der Waals surface area contributed by atoms with E-state index in [4.69, 9.17) is 4.74 Å². The Labute approximate surface area is 136 Å². The second kappa shape index (κ2) is 6.11. The second-order valence-corrected chi connectivity index (χ2v) is 7.07. The monoisotopic (exact) mass is 324 g/mol. The summed E-state index contributed by atoms with van der Waals surface area (Å²) in [6, 6.07) is -0.274. The van der Waals surface area contributed by atoms with Gasteiger partial charge in [-0.3, -0.25) is 9.59 Å². The average molecular weight is 324 g/mol. The molecule has 7 nitrogen and oxygen atoms in total. The number of ether oxygens (including phenoxy) is 1. The third-order valence-corrected chi connectivity index (χ3v) is 5.39. The third-order valence-electron chi connectivity index (χ3n) is 5.39. The van der Waals surface area contributed by atoms with E-state index in [-0.39, 0.29) is 29.7 Å². The minimum atomic E-state index is -0.709. The molecule has 0 unspecified atom stereocenters. The number of imide groups is 1. The van der Waals surface area contributed by atoms with Crippen LogP contribution < -0.4 is 10.2 Å². The topological polar surface area (TPSA) is 80.2 Å². The Morgan fingerprint density at radius 2 is 1.96 bits per heavy atom. The lowest BCUT2D eigenvalue weighted by Crippen LogP contribution is -3.14. The van der Waals surface area contributed by atoms with Gasteiger partial charge in [0.25, 0.3) is 5.91 Å². The molecule has 0 aromatic rings. The zero-order chi connectivity index (χ0) is 16.6. The van der Waals surface area contributed by atoms with Gasteiger partial charge in [0.05, 0.1) is 25.6 Å². The number of carbonyl (C=O) groups is 3. The zero-order valence-corrected chi connectivity index (χ0v) is 13.9. The minimum absolute atomic E-state index is 0.0430. The van der Waals surface area contributed by atoms with Crippen LogP contribution >= 0.6 is 0 Å². The number of hydrogen-bond acceptors (Lipinski definition) is 4. The standard InChI is InChI=1S/C16H25N3O4/c1-3-23-13(20)11-6-8-18(9-7-11)10-19-14(21)16(2,12-4-5-12)17-15(19)22/h11-12H,3-10H2,1-2H3,(H,17,22)/p+1/t16-/m1/s1. The van der Waals surface area contributed by atoms with Crippen LogP contribution in [0.15, 0.2) is 0 Å². The van der Waals surface area contributed by atoms with Crippen LogP contribution in [0, 0.1) is 11.8 Å². The van der Waals surface area contributed by atoms with E-state index < -0.39 is 5.54 Å². The number of hydrogen-bond donors (Lipinski definition) is 2. The molecule has 0 aromatic heterocycles. The molecule has 3 fully saturated rings. The summed E-state index contributed by atoms with van der Waals surface area (Å²) in [5, 5.41) is 2.88. The molecule has 3 rings (SSSR count). The quantitative estimate of drug-likeness (QED) is 0.529. The van der Waals surface area contributed by atoms with Gasteiger partial charge < -0.3 is 15.0 Å². The van der Waals surface area contributed by atoms with E-state index in [0.717, 1.165) is 38.8 Å². The Morgan fingerprint density at radius 1 is 1.30 bits per heavy atom. The Kier molecular flexibility index (Phi) is 4.31. The molecule has 0 radical (unpaired) electrons. The maximum atomic E-state index is 12.6. The number of esters is 1. The van der Waals surface area contributed by atoms with Crippen LogP contribution in [0.25, 0.3) is 0 Å². The molecular weight excluding hydrogens is 298 g/mol. The van der Waals surface area contributed by atoms with Gasteiger partial charge in [0, 0.05) is 12.8 Å².